The van der Waals surface area contributed by atoms with Crippen molar-refractivity contribution in [2.45, 2.75) is 11.3 Å². The normalized spacial score (nSPS) is 12.1. The predicted octanol–water partition coefficient (Wildman–Crippen LogP) is 3.61. The molecule has 0 aliphatic rings. The molecule has 0 saturated heterocycles. The van der Waals surface area contributed by atoms with Gasteiger partial charge in [-0.2, -0.15) is 0 Å². The van der Waals surface area contributed by atoms with E-state index in [0.29, 0.717) is 18.0 Å². The molecule has 0 aliphatic carbocycles. The summed E-state index contributed by atoms with van der Waals surface area (Å²) in [6, 6.07) is 15.0. The summed E-state index contributed by atoms with van der Waals surface area (Å²) in [6.45, 7) is 0.558. The van der Waals surface area contributed by atoms with Crippen molar-refractivity contribution in [2.75, 3.05) is 18.1 Å². The summed E-state index contributed by atoms with van der Waals surface area (Å²) in [6.07, 6.45) is 0.734. The zero-order valence-corrected chi connectivity index (χ0v) is 13.3. The molecule has 2 aromatic rings. The van der Waals surface area contributed by atoms with Crippen molar-refractivity contribution in [3.05, 3.63) is 53.0 Å². The van der Waals surface area contributed by atoms with Crippen LogP contribution < -0.4 is 10.5 Å². The van der Waals surface area contributed by atoms with Crippen LogP contribution in [0.1, 0.15) is 6.42 Å². The number of anilines is 1. The Morgan fingerprint density at radius 1 is 1.15 bits per heavy atom. The van der Waals surface area contributed by atoms with E-state index in [-0.39, 0.29) is 0 Å². The van der Waals surface area contributed by atoms with Crippen molar-refractivity contribution in [1.29, 1.82) is 0 Å². The number of rotatable bonds is 6. The molecule has 0 amide bonds. The average Bonchev–Trinajstić information content (AvgIpc) is 2.44. The van der Waals surface area contributed by atoms with E-state index in [4.69, 9.17) is 10.5 Å². The fourth-order valence-electron chi connectivity index (χ4n) is 1.71. The van der Waals surface area contributed by atoms with Gasteiger partial charge in [0.1, 0.15) is 5.75 Å². The Balaban J connectivity index is 1.80. The molecule has 106 valence electrons. The van der Waals surface area contributed by atoms with Crippen LogP contribution in [0.15, 0.2) is 57.9 Å². The SMILES string of the molecule is Nc1ccc(S(=O)CCCOc2ccccc2)c(Br)c1. The molecule has 0 saturated carbocycles. The highest BCUT2D eigenvalue weighted by atomic mass is 79.9. The molecule has 0 aromatic heterocycles. The van der Waals surface area contributed by atoms with Gasteiger partial charge in [-0.1, -0.05) is 18.2 Å². The summed E-state index contributed by atoms with van der Waals surface area (Å²) < 4.78 is 18.5. The first-order valence-corrected chi connectivity index (χ1v) is 8.39. The molecule has 0 radical (unpaired) electrons. The van der Waals surface area contributed by atoms with E-state index in [0.717, 1.165) is 21.5 Å². The molecule has 2 N–H and O–H groups in total. The third-order valence-corrected chi connectivity index (χ3v) is 5.11. The Morgan fingerprint density at radius 3 is 2.60 bits per heavy atom. The summed E-state index contributed by atoms with van der Waals surface area (Å²) in [7, 11) is -1.04. The van der Waals surface area contributed by atoms with E-state index in [9.17, 15) is 4.21 Å². The molecule has 0 heterocycles. The molecule has 1 atom stereocenters. The summed E-state index contributed by atoms with van der Waals surface area (Å²) in [5.74, 6) is 1.40. The predicted molar refractivity (Wildman–Crippen MR) is 86.4 cm³/mol. The molecule has 0 fully saturated rings. The second-order valence-electron chi connectivity index (χ2n) is 4.25. The van der Waals surface area contributed by atoms with Crippen LogP contribution in [0.2, 0.25) is 0 Å². The minimum atomic E-state index is -1.04. The maximum Gasteiger partial charge on any atom is 0.119 e. The monoisotopic (exact) mass is 353 g/mol. The Kier molecular flexibility index (Phi) is 5.61. The molecule has 0 spiro atoms. The third-order valence-electron chi connectivity index (χ3n) is 2.69. The van der Waals surface area contributed by atoms with Crippen molar-refractivity contribution < 1.29 is 8.95 Å². The smallest absolute Gasteiger partial charge is 0.119 e. The number of halogens is 1. The van der Waals surface area contributed by atoms with E-state index < -0.39 is 10.8 Å². The summed E-state index contributed by atoms with van der Waals surface area (Å²) >= 11 is 3.39. The Hall–Kier alpha value is -1.33. The minimum absolute atomic E-state index is 0.558. The number of ether oxygens (including phenoxy) is 1. The number of benzene rings is 2. The van der Waals surface area contributed by atoms with Crippen LogP contribution >= 0.6 is 15.9 Å². The van der Waals surface area contributed by atoms with Gasteiger partial charge in [0.25, 0.3) is 0 Å². The quantitative estimate of drug-likeness (QED) is 0.637. The topological polar surface area (TPSA) is 52.3 Å². The van der Waals surface area contributed by atoms with Crippen molar-refractivity contribution in [3.8, 4) is 5.75 Å². The highest BCUT2D eigenvalue weighted by Crippen LogP contribution is 2.23. The van der Waals surface area contributed by atoms with Gasteiger partial charge in [0.2, 0.25) is 0 Å². The second-order valence-corrected chi connectivity index (χ2v) is 6.65. The van der Waals surface area contributed by atoms with Crippen molar-refractivity contribution in [3.63, 3.8) is 0 Å². The van der Waals surface area contributed by atoms with Crippen molar-refractivity contribution in [1.82, 2.24) is 0 Å². The molecule has 0 aliphatic heterocycles. The van der Waals surface area contributed by atoms with Crippen LogP contribution in [-0.2, 0) is 10.8 Å². The van der Waals surface area contributed by atoms with Crippen LogP contribution in [0.4, 0.5) is 5.69 Å². The van der Waals surface area contributed by atoms with Crippen LogP contribution in [0.3, 0.4) is 0 Å². The lowest BCUT2D eigenvalue weighted by molar-refractivity contribution is 0.318. The van der Waals surface area contributed by atoms with Gasteiger partial charge in [-0.3, -0.25) is 4.21 Å². The van der Waals surface area contributed by atoms with Gasteiger partial charge in [0.15, 0.2) is 0 Å². The molecular formula is C15H16BrNO2S. The van der Waals surface area contributed by atoms with Crippen LogP contribution in [0.5, 0.6) is 5.75 Å². The van der Waals surface area contributed by atoms with Gasteiger partial charge in [-0.25, -0.2) is 0 Å². The molecule has 3 nitrogen and oxygen atoms in total. The maximum atomic E-state index is 12.2. The van der Waals surface area contributed by atoms with E-state index in [2.05, 4.69) is 15.9 Å². The Labute approximate surface area is 129 Å². The third kappa shape index (κ3) is 4.35. The number of hydrogen-bond donors (Lipinski definition) is 1. The fraction of sp³-hybridized carbons (Fsp3) is 0.200. The first kappa shape index (κ1) is 15.1. The molecular weight excluding hydrogens is 338 g/mol. The zero-order valence-electron chi connectivity index (χ0n) is 10.9. The van der Waals surface area contributed by atoms with Gasteiger partial charge >= 0.3 is 0 Å². The average molecular weight is 354 g/mol. The van der Waals surface area contributed by atoms with Crippen molar-refractivity contribution in [2.24, 2.45) is 0 Å². The highest BCUT2D eigenvalue weighted by Gasteiger charge is 2.08. The first-order valence-electron chi connectivity index (χ1n) is 6.28. The number of para-hydroxylation sites is 1. The minimum Gasteiger partial charge on any atom is -0.494 e. The highest BCUT2D eigenvalue weighted by molar-refractivity contribution is 9.10. The fourth-order valence-corrected chi connectivity index (χ4v) is 3.74. The maximum absolute atomic E-state index is 12.2. The van der Waals surface area contributed by atoms with Crippen LogP contribution in [0, 0.1) is 0 Å². The van der Waals surface area contributed by atoms with Crippen LogP contribution in [-0.4, -0.2) is 16.6 Å². The number of nitrogens with two attached hydrogens (primary N) is 1. The first-order chi connectivity index (χ1) is 9.66. The number of nitrogen functional groups attached to an aromatic ring is 1. The lowest BCUT2D eigenvalue weighted by atomic mass is 10.3. The summed E-state index contributed by atoms with van der Waals surface area (Å²) in [5.41, 5.74) is 6.32. The summed E-state index contributed by atoms with van der Waals surface area (Å²) in [4.78, 5) is 0.777. The zero-order chi connectivity index (χ0) is 14.4. The summed E-state index contributed by atoms with van der Waals surface area (Å²) in [5, 5.41) is 0. The molecule has 2 rings (SSSR count). The lowest BCUT2D eigenvalue weighted by Crippen LogP contribution is -2.05. The lowest BCUT2D eigenvalue weighted by Gasteiger charge is -2.07. The standard InChI is InChI=1S/C15H16BrNO2S/c16-14-11-12(17)7-8-15(14)20(18)10-4-9-19-13-5-2-1-3-6-13/h1-3,5-8,11H,4,9-10,17H2. The van der Waals surface area contributed by atoms with Crippen LogP contribution in [0.25, 0.3) is 0 Å². The molecule has 20 heavy (non-hydrogen) atoms. The van der Waals surface area contributed by atoms with E-state index in [1.54, 1.807) is 18.2 Å². The largest absolute Gasteiger partial charge is 0.494 e. The second kappa shape index (κ2) is 7.45. The van der Waals surface area contributed by atoms with Gasteiger partial charge in [0.05, 0.1) is 22.3 Å². The van der Waals surface area contributed by atoms with Gasteiger partial charge in [-0.05, 0) is 52.7 Å². The van der Waals surface area contributed by atoms with Gasteiger partial charge in [-0.15, -0.1) is 0 Å². The molecule has 2 aromatic carbocycles. The van der Waals surface area contributed by atoms with E-state index in [1.165, 1.54) is 0 Å². The molecule has 1 unspecified atom stereocenters. The molecule has 0 bridgehead atoms. The Morgan fingerprint density at radius 2 is 1.90 bits per heavy atom. The van der Waals surface area contributed by atoms with Gasteiger partial charge in [0, 0.05) is 15.9 Å². The molecule has 5 heteroatoms. The van der Waals surface area contributed by atoms with E-state index >= 15 is 0 Å². The Bertz CT molecular complexity index is 590. The number of hydrogen-bond acceptors (Lipinski definition) is 3. The van der Waals surface area contributed by atoms with Crippen molar-refractivity contribution >= 4 is 32.4 Å². The van der Waals surface area contributed by atoms with Gasteiger partial charge < -0.3 is 10.5 Å². The van der Waals surface area contributed by atoms with E-state index in [1.807, 2.05) is 30.3 Å².